The Morgan fingerprint density at radius 1 is 0.875 bits per heavy atom. The second kappa shape index (κ2) is 3.29. The van der Waals surface area contributed by atoms with Crippen molar-refractivity contribution < 1.29 is 0 Å². The van der Waals surface area contributed by atoms with Gasteiger partial charge in [-0.25, -0.2) is 0 Å². The molecule has 2 heteroatoms. The summed E-state index contributed by atoms with van der Waals surface area (Å²) in [5.74, 6) is 2.84. The van der Waals surface area contributed by atoms with Gasteiger partial charge in [0, 0.05) is 8.65 Å². The molecule has 0 radical (unpaired) electrons. The molecule has 4 aliphatic rings. The third-order valence-electron chi connectivity index (χ3n) is 5.16. The largest absolute Gasteiger partial charge is 0.0853 e. The van der Waals surface area contributed by atoms with E-state index in [0.717, 1.165) is 17.8 Å². The Morgan fingerprint density at radius 2 is 1.25 bits per heavy atom. The summed E-state index contributed by atoms with van der Waals surface area (Å²) >= 11 is 8.11. The Morgan fingerprint density at radius 3 is 1.56 bits per heavy atom. The predicted octanol–water partition coefficient (Wildman–Crippen LogP) is 5.14. The van der Waals surface area contributed by atoms with Gasteiger partial charge in [-0.15, -0.1) is 0 Å². The fourth-order valence-electron chi connectivity index (χ4n) is 5.35. The van der Waals surface area contributed by atoms with E-state index in [1.807, 2.05) is 0 Å². The lowest BCUT2D eigenvalue weighted by molar-refractivity contribution is -0.0537. The molecule has 4 bridgehead atoms. The average Bonchev–Trinajstić information content (AvgIpc) is 1.92. The van der Waals surface area contributed by atoms with Crippen LogP contribution in [0.1, 0.15) is 52.9 Å². The van der Waals surface area contributed by atoms with Gasteiger partial charge in [0.25, 0.3) is 0 Å². The van der Waals surface area contributed by atoms with Crippen LogP contribution in [0.15, 0.2) is 0 Å². The molecule has 0 aromatic rings. The highest BCUT2D eigenvalue weighted by Crippen LogP contribution is 2.67. The van der Waals surface area contributed by atoms with Gasteiger partial charge in [0.1, 0.15) is 0 Å². The number of alkyl halides is 2. The summed E-state index contributed by atoms with van der Waals surface area (Å²) in [6.07, 6.45) is 7.01. The Balaban J connectivity index is 1.95. The van der Waals surface area contributed by atoms with Crippen molar-refractivity contribution in [3.63, 3.8) is 0 Å². The van der Waals surface area contributed by atoms with Gasteiger partial charge in [-0.3, -0.25) is 0 Å². The van der Waals surface area contributed by atoms with Crippen molar-refractivity contribution in [2.24, 2.45) is 23.2 Å². The molecule has 0 spiro atoms. The summed E-state index contributed by atoms with van der Waals surface area (Å²) in [5.41, 5.74) is 0.495. The lowest BCUT2D eigenvalue weighted by Crippen LogP contribution is -2.59. The first-order valence-corrected chi connectivity index (χ1v) is 8.17. The van der Waals surface area contributed by atoms with Crippen LogP contribution in [0.5, 0.6) is 0 Å². The molecule has 4 rings (SSSR count). The summed E-state index contributed by atoms with van der Waals surface area (Å²) in [5, 5.41) is 0. The van der Waals surface area contributed by atoms with Crippen LogP contribution in [0, 0.1) is 23.2 Å². The molecule has 4 saturated carbocycles. The minimum atomic E-state index is 0.476. The standard InChI is InChI=1S/C14H22Br2/c1-12(2,3)11-9-4-13(15)6-10(11)7-14(16,5-9)8-13/h9-11H,4-8H2,1-3H3. The van der Waals surface area contributed by atoms with Crippen LogP contribution in [0.25, 0.3) is 0 Å². The van der Waals surface area contributed by atoms with E-state index in [1.165, 1.54) is 32.1 Å². The van der Waals surface area contributed by atoms with Crippen LogP contribution in [0.4, 0.5) is 0 Å². The third kappa shape index (κ3) is 1.74. The van der Waals surface area contributed by atoms with E-state index in [0.29, 0.717) is 14.1 Å². The Bertz CT molecular complexity index is 279. The van der Waals surface area contributed by atoms with Crippen LogP contribution in [0.2, 0.25) is 0 Å². The average molecular weight is 350 g/mol. The molecule has 92 valence electrons. The molecule has 0 aliphatic heterocycles. The van der Waals surface area contributed by atoms with E-state index in [-0.39, 0.29) is 0 Å². The molecule has 0 atom stereocenters. The van der Waals surface area contributed by atoms with E-state index >= 15 is 0 Å². The third-order valence-corrected chi connectivity index (χ3v) is 7.02. The van der Waals surface area contributed by atoms with Gasteiger partial charge >= 0.3 is 0 Å². The second-order valence-electron chi connectivity index (χ2n) is 7.71. The van der Waals surface area contributed by atoms with Gasteiger partial charge < -0.3 is 0 Å². The fraction of sp³-hybridized carbons (Fsp3) is 1.00. The minimum Gasteiger partial charge on any atom is -0.0853 e. The highest BCUT2D eigenvalue weighted by molar-refractivity contribution is 9.10. The quantitative estimate of drug-likeness (QED) is 0.531. The van der Waals surface area contributed by atoms with Crippen LogP contribution in [0.3, 0.4) is 0 Å². The van der Waals surface area contributed by atoms with Crippen molar-refractivity contribution >= 4 is 31.9 Å². The first kappa shape index (κ1) is 12.0. The van der Waals surface area contributed by atoms with Crippen molar-refractivity contribution in [2.75, 3.05) is 0 Å². The zero-order valence-electron chi connectivity index (χ0n) is 10.5. The summed E-state index contributed by atoms with van der Waals surface area (Å²) < 4.78 is 0.953. The van der Waals surface area contributed by atoms with Crippen molar-refractivity contribution in [3.8, 4) is 0 Å². The highest BCUT2D eigenvalue weighted by Gasteiger charge is 2.61. The Hall–Kier alpha value is 0.960. The van der Waals surface area contributed by atoms with Crippen molar-refractivity contribution in [2.45, 2.75) is 61.5 Å². The smallest absolute Gasteiger partial charge is 0.0276 e. The molecular formula is C14H22Br2. The maximum atomic E-state index is 4.06. The highest BCUT2D eigenvalue weighted by atomic mass is 79.9. The van der Waals surface area contributed by atoms with Crippen LogP contribution < -0.4 is 0 Å². The second-order valence-corrected chi connectivity index (χ2v) is 11.1. The van der Waals surface area contributed by atoms with E-state index in [2.05, 4.69) is 52.6 Å². The van der Waals surface area contributed by atoms with E-state index < -0.39 is 0 Å². The van der Waals surface area contributed by atoms with Gasteiger partial charge in [0.15, 0.2) is 0 Å². The summed E-state index contributed by atoms with van der Waals surface area (Å²) in [6, 6.07) is 0. The molecule has 0 aromatic carbocycles. The van der Waals surface area contributed by atoms with Crippen LogP contribution in [-0.2, 0) is 0 Å². The van der Waals surface area contributed by atoms with Gasteiger partial charge in [0.2, 0.25) is 0 Å². The summed E-state index contributed by atoms with van der Waals surface area (Å²) in [4.78, 5) is 0. The van der Waals surface area contributed by atoms with Gasteiger partial charge in [-0.05, 0) is 55.3 Å². The van der Waals surface area contributed by atoms with Crippen molar-refractivity contribution in [1.82, 2.24) is 0 Å². The molecule has 0 heterocycles. The molecule has 0 aromatic heterocycles. The molecule has 0 unspecified atom stereocenters. The lowest BCUT2D eigenvalue weighted by Gasteiger charge is -2.64. The zero-order valence-corrected chi connectivity index (χ0v) is 13.7. The minimum absolute atomic E-state index is 0.476. The lowest BCUT2D eigenvalue weighted by atomic mass is 9.47. The SMILES string of the molecule is CC(C)(C)C1C2CC3(Br)CC1CC(Br)(C2)C3. The number of halogens is 2. The molecule has 0 nitrogen and oxygen atoms in total. The van der Waals surface area contributed by atoms with Gasteiger partial charge in [-0.2, -0.15) is 0 Å². The first-order valence-electron chi connectivity index (χ1n) is 6.59. The van der Waals surface area contributed by atoms with E-state index in [4.69, 9.17) is 0 Å². The van der Waals surface area contributed by atoms with Gasteiger partial charge in [0.05, 0.1) is 0 Å². The molecular weight excluding hydrogens is 328 g/mol. The van der Waals surface area contributed by atoms with Crippen molar-refractivity contribution in [1.29, 1.82) is 0 Å². The monoisotopic (exact) mass is 348 g/mol. The topological polar surface area (TPSA) is 0 Å². The number of hydrogen-bond donors (Lipinski definition) is 0. The summed E-state index contributed by atoms with van der Waals surface area (Å²) in [7, 11) is 0. The maximum absolute atomic E-state index is 4.06. The number of rotatable bonds is 0. The normalized spacial score (nSPS) is 55.7. The Labute approximate surface area is 116 Å². The molecule has 0 amide bonds. The molecule has 4 aliphatic carbocycles. The fourth-order valence-corrected chi connectivity index (χ4v) is 8.47. The van der Waals surface area contributed by atoms with Crippen LogP contribution in [-0.4, -0.2) is 8.65 Å². The molecule has 0 saturated heterocycles. The molecule has 0 N–H and O–H groups in total. The Kier molecular flexibility index (Phi) is 2.47. The number of hydrogen-bond acceptors (Lipinski definition) is 0. The molecule has 4 fully saturated rings. The predicted molar refractivity (Wildman–Crippen MR) is 76.3 cm³/mol. The van der Waals surface area contributed by atoms with E-state index in [1.54, 1.807) is 0 Å². The van der Waals surface area contributed by atoms with E-state index in [9.17, 15) is 0 Å². The van der Waals surface area contributed by atoms with Gasteiger partial charge in [-0.1, -0.05) is 52.6 Å². The zero-order chi connectivity index (χ0) is 11.8. The van der Waals surface area contributed by atoms with Crippen LogP contribution >= 0.6 is 31.9 Å². The van der Waals surface area contributed by atoms with Crippen molar-refractivity contribution in [3.05, 3.63) is 0 Å². The summed E-state index contributed by atoms with van der Waals surface area (Å²) in [6.45, 7) is 7.34. The maximum Gasteiger partial charge on any atom is 0.0276 e. The molecule has 16 heavy (non-hydrogen) atoms. The first-order chi connectivity index (χ1) is 7.21.